The van der Waals surface area contributed by atoms with Gasteiger partial charge in [0.1, 0.15) is 0 Å². The normalized spacial score (nSPS) is 10.3. The van der Waals surface area contributed by atoms with Gasteiger partial charge in [-0.25, -0.2) is 0 Å². The molecule has 0 saturated carbocycles. The van der Waals surface area contributed by atoms with Gasteiger partial charge in [-0.05, 0) is 18.2 Å². The highest BCUT2D eigenvalue weighted by atomic mass is 35.5. The Morgan fingerprint density at radius 2 is 2.05 bits per heavy atom. The summed E-state index contributed by atoms with van der Waals surface area (Å²) < 4.78 is 0. The number of nitrogen functional groups attached to an aromatic ring is 1. The predicted molar refractivity (Wildman–Crippen MR) is 77.8 cm³/mol. The van der Waals surface area contributed by atoms with Gasteiger partial charge in [-0.1, -0.05) is 29.3 Å². The summed E-state index contributed by atoms with van der Waals surface area (Å²) in [6, 6.07) is 6.57. The molecule has 1 aromatic heterocycles. The van der Waals surface area contributed by atoms with Gasteiger partial charge in [0.2, 0.25) is 0 Å². The Balaban J connectivity index is 2.40. The lowest BCUT2D eigenvalue weighted by molar-refractivity contribution is 0.0993. The smallest absolute Gasteiger partial charge is 0.259 e. The van der Waals surface area contributed by atoms with Crippen molar-refractivity contribution in [1.82, 2.24) is 4.98 Å². The molecule has 0 bridgehead atoms. The standard InChI is InChI=1S/C13H11Cl2N3O/c1-18(11-5-6-17-7-10(11)16)13(19)8-3-2-4-9(14)12(8)15/h2-7H,16H2,1H3. The Bertz CT molecular complexity index is 631. The Hall–Kier alpha value is -1.78. The highest BCUT2D eigenvalue weighted by Crippen LogP contribution is 2.28. The summed E-state index contributed by atoms with van der Waals surface area (Å²) in [6.45, 7) is 0. The first-order valence-electron chi connectivity index (χ1n) is 5.44. The molecule has 1 amide bonds. The summed E-state index contributed by atoms with van der Waals surface area (Å²) in [5.41, 5.74) is 7.10. The van der Waals surface area contributed by atoms with Gasteiger partial charge in [-0.15, -0.1) is 0 Å². The van der Waals surface area contributed by atoms with Crippen molar-refractivity contribution in [2.24, 2.45) is 0 Å². The SMILES string of the molecule is CN(C(=O)c1cccc(Cl)c1Cl)c1ccncc1N. The molecule has 2 aromatic rings. The van der Waals surface area contributed by atoms with E-state index in [0.717, 1.165) is 0 Å². The molecule has 0 atom stereocenters. The van der Waals surface area contributed by atoms with E-state index in [2.05, 4.69) is 4.98 Å². The van der Waals surface area contributed by atoms with E-state index in [4.69, 9.17) is 28.9 Å². The molecule has 0 radical (unpaired) electrons. The largest absolute Gasteiger partial charge is 0.396 e. The van der Waals surface area contributed by atoms with Gasteiger partial charge in [0.25, 0.3) is 5.91 Å². The summed E-state index contributed by atoms with van der Waals surface area (Å²) in [5, 5.41) is 0.567. The Morgan fingerprint density at radius 3 is 2.74 bits per heavy atom. The van der Waals surface area contributed by atoms with Crippen molar-refractivity contribution < 1.29 is 4.79 Å². The van der Waals surface area contributed by atoms with Crippen LogP contribution in [0.25, 0.3) is 0 Å². The zero-order valence-corrected chi connectivity index (χ0v) is 11.6. The van der Waals surface area contributed by atoms with E-state index < -0.39 is 0 Å². The van der Waals surface area contributed by atoms with Crippen molar-refractivity contribution in [2.75, 3.05) is 17.7 Å². The molecule has 0 saturated heterocycles. The van der Waals surface area contributed by atoms with Crippen LogP contribution in [-0.2, 0) is 0 Å². The van der Waals surface area contributed by atoms with Crippen molar-refractivity contribution in [2.45, 2.75) is 0 Å². The molecule has 6 heteroatoms. The van der Waals surface area contributed by atoms with Crippen LogP contribution < -0.4 is 10.6 Å². The van der Waals surface area contributed by atoms with Crippen LogP contribution in [0.3, 0.4) is 0 Å². The minimum atomic E-state index is -0.287. The average molecular weight is 296 g/mol. The molecule has 0 aliphatic carbocycles. The van der Waals surface area contributed by atoms with E-state index in [0.29, 0.717) is 22.0 Å². The summed E-state index contributed by atoms with van der Waals surface area (Å²) in [6.07, 6.45) is 3.05. The molecular weight excluding hydrogens is 285 g/mol. The molecule has 4 nitrogen and oxygen atoms in total. The minimum absolute atomic E-state index is 0.230. The van der Waals surface area contributed by atoms with Crippen molar-refractivity contribution >= 4 is 40.5 Å². The molecule has 2 N–H and O–H groups in total. The third-order valence-electron chi connectivity index (χ3n) is 2.68. The van der Waals surface area contributed by atoms with E-state index in [1.54, 1.807) is 37.5 Å². The fourth-order valence-electron chi connectivity index (χ4n) is 1.66. The van der Waals surface area contributed by atoms with Gasteiger partial charge in [0.15, 0.2) is 0 Å². The highest BCUT2D eigenvalue weighted by molar-refractivity contribution is 6.44. The van der Waals surface area contributed by atoms with Gasteiger partial charge in [-0.2, -0.15) is 0 Å². The molecule has 98 valence electrons. The predicted octanol–water partition coefficient (Wildman–Crippen LogP) is 3.25. The fourth-order valence-corrected chi connectivity index (χ4v) is 2.05. The van der Waals surface area contributed by atoms with Crippen LogP contribution in [0, 0.1) is 0 Å². The summed E-state index contributed by atoms with van der Waals surface area (Å²) >= 11 is 11.9. The van der Waals surface area contributed by atoms with E-state index in [9.17, 15) is 4.79 Å². The maximum atomic E-state index is 12.4. The second-order valence-electron chi connectivity index (χ2n) is 3.90. The molecule has 2 rings (SSSR count). The average Bonchev–Trinajstić information content (AvgIpc) is 2.41. The number of nitrogens with two attached hydrogens (primary N) is 1. The highest BCUT2D eigenvalue weighted by Gasteiger charge is 2.19. The second-order valence-corrected chi connectivity index (χ2v) is 4.69. The number of aromatic nitrogens is 1. The first kappa shape index (κ1) is 13.6. The third-order valence-corrected chi connectivity index (χ3v) is 3.49. The molecule has 0 fully saturated rings. The van der Waals surface area contributed by atoms with Crippen molar-refractivity contribution in [3.63, 3.8) is 0 Å². The second kappa shape index (κ2) is 5.47. The number of carbonyl (C=O) groups excluding carboxylic acids is 1. The number of amides is 1. The molecule has 0 aliphatic rings. The van der Waals surface area contributed by atoms with Crippen LogP contribution in [0.2, 0.25) is 10.0 Å². The van der Waals surface area contributed by atoms with Gasteiger partial charge in [-0.3, -0.25) is 9.78 Å². The molecule has 0 spiro atoms. The molecular formula is C13H11Cl2N3O. The van der Waals surface area contributed by atoms with E-state index in [1.165, 1.54) is 11.1 Å². The summed E-state index contributed by atoms with van der Waals surface area (Å²) in [5.74, 6) is -0.287. The maximum absolute atomic E-state index is 12.4. The lowest BCUT2D eigenvalue weighted by Crippen LogP contribution is -2.27. The monoisotopic (exact) mass is 295 g/mol. The van der Waals surface area contributed by atoms with E-state index in [1.807, 2.05) is 0 Å². The number of rotatable bonds is 2. The summed E-state index contributed by atoms with van der Waals surface area (Å²) in [7, 11) is 1.62. The first-order valence-corrected chi connectivity index (χ1v) is 6.19. The lowest BCUT2D eigenvalue weighted by atomic mass is 10.2. The van der Waals surface area contributed by atoms with E-state index in [-0.39, 0.29) is 10.9 Å². The van der Waals surface area contributed by atoms with Crippen LogP contribution in [0.15, 0.2) is 36.7 Å². The van der Waals surface area contributed by atoms with Crippen molar-refractivity contribution in [3.05, 3.63) is 52.3 Å². The minimum Gasteiger partial charge on any atom is -0.396 e. The molecule has 19 heavy (non-hydrogen) atoms. The van der Waals surface area contributed by atoms with Gasteiger partial charge in [0.05, 0.1) is 33.2 Å². The Morgan fingerprint density at radius 1 is 1.32 bits per heavy atom. The number of anilines is 2. The molecule has 1 aromatic carbocycles. The van der Waals surface area contributed by atoms with Crippen molar-refractivity contribution in [1.29, 1.82) is 0 Å². The van der Waals surface area contributed by atoms with Crippen LogP contribution in [0.1, 0.15) is 10.4 Å². The van der Waals surface area contributed by atoms with E-state index >= 15 is 0 Å². The molecule has 0 unspecified atom stereocenters. The zero-order valence-electron chi connectivity index (χ0n) is 10.1. The topological polar surface area (TPSA) is 59.2 Å². The quantitative estimate of drug-likeness (QED) is 0.925. The fraction of sp³-hybridized carbons (Fsp3) is 0.0769. The molecule has 0 aliphatic heterocycles. The number of hydrogen-bond acceptors (Lipinski definition) is 3. The number of hydrogen-bond donors (Lipinski definition) is 1. The third kappa shape index (κ3) is 2.64. The van der Waals surface area contributed by atoms with Crippen LogP contribution in [-0.4, -0.2) is 17.9 Å². The molecule has 1 heterocycles. The lowest BCUT2D eigenvalue weighted by Gasteiger charge is -2.19. The number of benzene rings is 1. The Kier molecular flexibility index (Phi) is 3.93. The first-order chi connectivity index (χ1) is 9.02. The van der Waals surface area contributed by atoms with Crippen LogP contribution in [0.4, 0.5) is 11.4 Å². The maximum Gasteiger partial charge on any atom is 0.259 e. The van der Waals surface area contributed by atoms with Crippen molar-refractivity contribution in [3.8, 4) is 0 Å². The summed E-state index contributed by atoms with van der Waals surface area (Å²) in [4.78, 5) is 17.7. The van der Waals surface area contributed by atoms with Crippen LogP contribution in [0.5, 0.6) is 0 Å². The van der Waals surface area contributed by atoms with Gasteiger partial charge >= 0.3 is 0 Å². The Labute approximate surface area is 120 Å². The number of pyridine rings is 1. The van der Waals surface area contributed by atoms with Gasteiger partial charge < -0.3 is 10.6 Å². The van der Waals surface area contributed by atoms with Crippen LogP contribution >= 0.6 is 23.2 Å². The zero-order chi connectivity index (χ0) is 14.0. The van der Waals surface area contributed by atoms with Gasteiger partial charge in [0, 0.05) is 13.2 Å². The number of nitrogens with zero attached hydrogens (tertiary/aromatic N) is 2. The number of halogens is 2. The number of carbonyl (C=O) groups is 1.